The van der Waals surface area contributed by atoms with Gasteiger partial charge in [0, 0.05) is 35.9 Å². The summed E-state index contributed by atoms with van der Waals surface area (Å²) in [4.78, 5) is 25.2. The number of nitrogens with one attached hydrogen (secondary N) is 1. The summed E-state index contributed by atoms with van der Waals surface area (Å²) in [5.41, 5.74) is 1.07. The Morgan fingerprint density at radius 2 is 1.92 bits per heavy atom. The van der Waals surface area contributed by atoms with E-state index in [-0.39, 0.29) is 24.3 Å². The first kappa shape index (κ1) is 16.9. The van der Waals surface area contributed by atoms with E-state index >= 15 is 0 Å². The van der Waals surface area contributed by atoms with E-state index in [1.807, 2.05) is 13.0 Å². The number of benzene rings is 1. The van der Waals surface area contributed by atoms with E-state index in [0.717, 1.165) is 36.9 Å². The molecule has 0 aliphatic carbocycles. The number of piperidine rings is 1. The lowest BCUT2D eigenvalue weighted by Gasteiger charge is -2.28. The molecule has 1 saturated heterocycles. The summed E-state index contributed by atoms with van der Waals surface area (Å²) in [6, 6.07) is 5.14. The molecule has 0 unspecified atom stereocenters. The Kier molecular flexibility index (Phi) is 4.55. The predicted octanol–water partition coefficient (Wildman–Crippen LogP) is 0.880. The molecule has 138 valence electrons. The Labute approximate surface area is 150 Å². The van der Waals surface area contributed by atoms with Gasteiger partial charge in [0.25, 0.3) is 0 Å². The van der Waals surface area contributed by atoms with Crippen LogP contribution in [0, 0.1) is 5.92 Å². The molecule has 2 aliphatic heterocycles. The molecule has 2 aliphatic rings. The van der Waals surface area contributed by atoms with Crippen molar-refractivity contribution in [1.82, 2.24) is 0 Å². The second kappa shape index (κ2) is 6.99. The van der Waals surface area contributed by atoms with Crippen LogP contribution in [0.25, 0.3) is 11.0 Å². The number of hydrogen-bond donors (Lipinski definition) is 1. The molecule has 4 rings (SSSR count). The number of rotatable bonds is 4. The number of likely N-dealkylation sites (tertiary alicyclic amines) is 1. The fourth-order valence-electron chi connectivity index (χ4n) is 3.73. The number of carbonyl (C=O) groups excluding carboxylic acids is 1. The van der Waals surface area contributed by atoms with Crippen molar-refractivity contribution in [2.24, 2.45) is 5.92 Å². The third-order valence-electron chi connectivity index (χ3n) is 5.08. The van der Waals surface area contributed by atoms with Crippen molar-refractivity contribution >= 4 is 16.9 Å². The van der Waals surface area contributed by atoms with Crippen molar-refractivity contribution in [2.75, 3.05) is 26.5 Å². The fraction of sp³-hybridized carbons (Fsp3) is 0.474. The highest BCUT2D eigenvalue weighted by Crippen LogP contribution is 2.36. The zero-order valence-electron chi connectivity index (χ0n) is 14.7. The molecule has 0 bridgehead atoms. The standard InChI is InChI=1S/C19H21NO6/c1-2-23-19(22)12-3-5-20(6-4-12)10-13-7-18(21)26-15-9-17-16(8-14(13)15)24-11-25-17/h7-9,12H,2-6,10-11H2,1H3/p+1. The summed E-state index contributed by atoms with van der Waals surface area (Å²) in [5, 5.41) is 0.869. The van der Waals surface area contributed by atoms with E-state index in [2.05, 4.69) is 0 Å². The molecule has 26 heavy (non-hydrogen) atoms. The molecule has 0 atom stereocenters. The molecule has 0 saturated carbocycles. The van der Waals surface area contributed by atoms with Gasteiger partial charge in [0.05, 0.1) is 25.6 Å². The Morgan fingerprint density at radius 1 is 1.19 bits per heavy atom. The third kappa shape index (κ3) is 3.26. The molecule has 0 amide bonds. The van der Waals surface area contributed by atoms with Crippen molar-refractivity contribution in [1.29, 1.82) is 0 Å². The third-order valence-corrected chi connectivity index (χ3v) is 5.08. The fourth-order valence-corrected chi connectivity index (χ4v) is 3.73. The van der Waals surface area contributed by atoms with Crippen LogP contribution in [0.2, 0.25) is 0 Å². The number of esters is 1. The largest absolute Gasteiger partial charge is 0.466 e. The molecule has 2 aromatic rings. The second-order valence-corrected chi connectivity index (χ2v) is 6.75. The van der Waals surface area contributed by atoms with E-state index in [4.69, 9.17) is 18.6 Å². The van der Waals surface area contributed by atoms with Crippen LogP contribution >= 0.6 is 0 Å². The monoisotopic (exact) mass is 360 g/mol. The molecule has 1 aromatic heterocycles. The number of quaternary nitrogens is 1. The van der Waals surface area contributed by atoms with Gasteiger partial charge in [-0.05, 0) is 13.0 Å². The summed E-state index contributed by atoms with van der Waals surface area (Å²) in [6.07, 6.45) is 1.61. The van der Waals surface area contributed by atoms with Gasteiger partial charge in [0.2, 0.25) is 6.79 Å². The quantitative estimate of drug-likeness (QED) is 0.644. The minimum Gasteiger partial charge on any atom is -0.466 e. The molecule has 0 spiro atoms. The van der Waals surface area contributed by atoms with Crippen LogP contribution in [0.4, 0.5) is 0 Å². The Morgan fingerprint density at radius 3 is 2.65 bits per heavy atom. The molecular weight excluding hydrogens is 338 g/mol. The lowest BCUT2D eigenvalue weighted by atomic mass is 9.96. The molecule has 7 nitrogen and oxygen atoms in total. The summed E-state index contributed by atoms with van der Waals surface area (Å²) < 4.78 is 21.3. The molecule has 0 radical (unpaired) electrons. The molecule has 1 fully saturated rings. The van der Waals surface area contributed by atoms with Crippen LogP contribution in [-0.4, -0.2) is 32.5 Å². The van der Waals surface area contributed by atoms with E-state index in [1.165, 1.54) is 4.90 Å². The number of fused-ring (bicyclic) bond motifs is 2. The molecule has 1 N–H and O–H groups in total. The maximum atomic E-state index is 12.0. The van der Waals surface area contributed by atoms with Gasteiger partial charge in [-0.3, -0.25) is 4.79 Å². The van der Waals surface area contributed by atoms with Gasteiger partial charge in [0.15, 0.2) is 11.5 Å². The SMILES string of the molecule is CCOC(=O)C1CC[NH+](Cc2cc(=O)oc3cc4c(cc23)OCO4)CC1. The lowest BCUT2D eigenvalue weighted by molar-refractivity contribution is -0.919. The summed E-state index contributed by atoms with van der Waals surface area (Å²) in [6.45, 7) is 4.88. The van der Waals surface area contributed by atoms with E-state index in [0.29, 0.717) is 30.2 Å². The number of ether oxygens (including phenoxy) is 3. The van der Waals surface area contributed by atoms with Crippen LogP contribution in [0.3, 0.4) is 0 Å². The van der Waals surface area contributed by atoms with E-state index < -0.39 is 0 Å². The summed E-state index contributed by atoms with van der Waals surface area (Å²) >= 11 is 0. The second-order valence-electron chi connectivity index (χ2n) is 6.75. The Hall–Kier alpha value is -2.54. The first-order valence-corrected chi connectivity index (χ1v) is 9.00. The average molecular weight is 360 g/mol. The Bertz CT molecular complexity index is 881. The van der Waals surface area contributed by atoms with Crippen LogP contribution in [0.15, 0.2) is 27.4 Å². The van der Waals surface area contributed by atoms with Gasteiger partial charge >= 0.3 is 11.6 Å². The van der Waals surface area contributed by atoms with Crippen LogP contribution in [-0.2, 0) is 16.1 Å². The van der Waals surface area contributed by atoms with Crippen molar-refractivity contribution < 1.29 is 28.3 Å². The smallest absolute Gasteiger partial charge is 0.336 e. The topological polar surface area (TPSA) is 79.4 Å². The molecule has 1 aromatic carbocycles. The first-order valence-electron chi connectivity index (χ1n) is 9.00. The minimum atomic E-state index is -0.368. The number of carbonyl (C=O) groups is 1. The van der Waals surface area contributed by atoms with Gasteiger partial charge < -0.3 is 23.5 Å². The van der Waals surface area contributed by atoms with Crippen molar-refractivity contribution in [3.8, 4) is 11.5 Å². The van der Waals surface area contributed by atoms with Crippen LogP contribution in [0.1, 0.15) is 25.3 Å². The molecule has 3 heterocycles. The molecule has 7 heteroatoms. The highest BCUT2D eigenvalue weighted by Gasteiger charge is 2.29. The van der Waals surface area contributed by atoms with E-state index in [9.17, 15) is 9.59 Å². The summed E-state index contributed by atoms with van der Waals surface area (Å²) in [7, 11) is 0. The van der Waals surface area contributed by atoms with Gasteiger partial charge in [-0.2, -0.15) is 0 Å². The first-order chi connectivity index (χ1) is 12.6. The minimum absolute atomic E-state index is 0.00916. The van der Waals surface area contributed by atoms with Crippen LogP contribution < -0.4 is 20.0 Å². The zero-order valence-corrected chi connectivity index (χ0v) is 14.7. The van der Waals surface area contributed by atoms with E-state index in [1.54, 1.807) is 12.1 Å². The molecular formula is C19H22NO6+. The Balaban J connectivity index is 1.53. The van der Waals surface area contributed by atoms with Crippen molar-refractivity contribution in [3.63, 3.8) is 0 Å². The van der Waals surface area contributed by atoms with Gasteiger partial charge in [0.1, 0.15) is 12.1 Å². The normalized spacial score (nSPS) is 21.7. The predicted molar refractivity (Wildman–Crippen MR) is 92.4 cm³/mol. The van der Waals surface area contributed by atoms with Gasteiger partial charge in [-0.15, -0.1) is 0 Å². The average Bonchev–Trinajstić information content (AvgIpc) is 3.08. The van der Waals surface area contributed by atoms with Crippen LogP contribution in [0.5, 0.6) is 11.5 Å². The van der Waals surface area contributed by atoms with Gasteiger partial charge in [-0.25, -0.2) is 4.79 Å². The van der Waals surface area contributed by atoms with Crippen molar-refractivity contribution in [2.45, 2.75) is 26.3 Å². The van der Waals surface area contributed by atoms with Crippen molar-refractivity contribution in [3.05, 3.63) is 34.2 Å². The maximum absolute atomic E-state index is 12.0. The lowest BCUT2D eigenvalue weighted by Crippen LogP contribution is -3.11. The zero-order chi connectivity index (χ0) is 18.1. The maximum Gasteiger partial charge on any atom is 0.336 e. The van der Waals surface area contributed by atoms with Gasteiger partial charge in [-0.1, -0.05) is 0 Å². The number of hydrogen-bond acceptors (Lipinski definition) is 6. The summed E-state index contributed by atoms with van der Waals surface area (Å²) in [5.74, 6) is 1.17. The highest BCUT2D eigenvalue weighted by molar-refractivity contribution is 5.84. The highest BCUT2D eigenvalue weighted by atomic mass is 16.7.